The number of hydrogen-bond acceptors (Lipinski definition) is 2. The summed E-state index contributed by atoms with van der Waals surface area (Å²) < 4.78 is 27.3. The third-order valence-electron chi connectivity index (χ3n) is 2.70. The van der Waals surface area contributed by atoms with Crippen LogP contribution in [0.25, 0.3) is 10.9 Å². The molecule has 2 rings (SSSR count). The molecule has 1 aromatic heterocycles. The quantitative estimate of drug-likeness (QED) is 0.890. The molecule has 0 bridgehead atoms. The van der Waals surface area contributed by atoms with E-state index in [0.29, 0.717) is 5.69 Å². The van der Waals surface area contributed by atoms with Crippen molar-refractivity contribution in [2.75, 3.05) is 0 Å². The van der Waals surface area contributed by atoms with Crippen molar-refractivity contribution in [2.24, 2.45) is 0 Å². The van der Waals surface area contributed by atoms with Crippen LogP contribution in [0.2, 0.25) is 0 Å². The minimum atomic E-state index is -1.30. The molecule has 0 amide bonds. The first-order valence-corrected chi connectivity index (χ1v) is 5.43. The summed E-state index contributed by atoms with van der Waals surface area (Å²) in [4.78, 5) is 15.1. The molecule has 5 heteroatoms. The molecule has 0 radical (unpaired) electrons. The highest BCUT2D eigenvalue weighted by Crippen LogP contribution is 2.26. The van der Waals surface area contributed by atoms with E-state index in [2.05, 4.69) is 4.98 Å². The molecule has 1 N–H and O–H groups in total. The summed E-state index contributed by atoms with van der Waals surface area (Å²) in [5, 5.41) is 8.80. The molecule has 0 atom stereocenters. The molecule has 0 aliphatic heterocycles. The fraction of sp³-hybridized carbons (Fsp3) is 0.231. The highest BCUT2D eigenvalue weighted by molar-refractivity contribution is 6.03. The predicted octanol–water partition coefficient (Wildman–Crippen LogP) is 3.33. The van der Waals surface area contributed by atoms with Crippen LogP contribution in [0.3, 0.4) is 0 Å². The molecule has 0 aliphatic rings. The van der Waals surface area contributed by atoms with Crippen LogP contribution < -0.4 is 0 Å². The van der Waals surface area contributed by atoms with Gasteiger partial charge in [-0.25, -0.2) is 18.6 Å². The van der Waals surface area contributed by atoms with Gasteiger partial charge in [-0.15, -0.1) is 0 Å². The van der Waals surface area contributed by atoms with Gasteiger partial charge in [0.05, 0.1) is 10.9 Å². The number of aromatic carboxylic acids is 1. The third-order valence-corrected chi connectivity index (χ3v) is 2.70. The van der Waals surface area contributed by atoms with Gasteiger partial charge in [0.1, 0.15) is 17.2 Å². The third kappa shape index (κ3) is 1.92. The molecule has 94 valence electrons. The summed E-state index contributed by atoms with van der Waals surface area (Å²) >= 11 is 0. The van der Waals surface area contributed by atoms with Gasteiger partial charge in [-0.3, -0.25) is 0 Å². The predicted molar refractivity (Wildman–Crippen MR) is 62.7 cm³/mol. The zero-order valence-electron chi connectivity index (χ0n) is 9.87. The van der Waals surface area contributed by atoms with Gasteiger partial charge in [0.2, 0.25) is 0 Å². The normalized spacial score (nSPS) is 11.2. The Morgan fingerprint density at radius 2 is 1.89 bits per heavy atom. The lowest BCUT2D eigenvalue weighted by Gasteiger charge is -2.10. The van der Waals surface area contributed by atoms with E-state index in [0.717, 1.165) is 12.1 Å². The molecular formula is C13H11F2NO2. The van der Waals surface area contributed by atoms with Crippen molar-refractivity contribution in [1.82, 2.24) is 4.98 Å². The number of nitrogens with zero attached hydrogens (tertiary/aromatic N) is 1. The van der Waals surface area contributed by atoms with Gasteiger partial charge in [0.15, 0.2) is 0 Å². The lowest BCUT2D eigenvalue weighted by atomic mass is 10.0. The molecule has 0 spiro atoms. The highest BCUT2D eigenvalue weighted by Gasteiger charge is 2.19. The molecule has 0 aliphatic carbocycles. The smallest absolute Gasteiger partial charge is 0.336 e. The molecule has 0 saturated heterocycles. The van der Waals surface area contributed by atoms with E-state index in [1.54, 1.807) is 13.8 Å². The van der Waals surface area contributed by atoms with E-state index in [-0.39, 0.29) is 22.4 Å². The molecule has 0 fully saturated rings. The van der Waals surface area contributed by atoms with Crippen molar-refractivity contribution in [3.05, 3.63) is 41.1 Å². The summed E-state index contributed by atoms with van der Waals surface area (Å²) in [6, 6.07) is 3.14. The van der Waals surface area contributed by atoms with Crippen molar-refractivity contribution in [3.8, 4) is 0 Å². The summed E-state index contributed by atoms with van der Waals surface area (Å²) in [6.45, 7) is 3.61. The fourth-order valence-electron chi connectivity index (χ4n) is 1.75. The SMILES string of the molecule is CC(C)c1cc(C(=O)O)c2c(F)ccc(F)c2n1. The number of carbonyl (C=O) groups is 1. The molecule has 2 aromatic rings. The zero-order valence-corrected chi connectivity index (χ0v) is 9.87. The number of hydrogen-bond donors (Lipinski definition) is 1. The van der Waals surface area contributed by atoms with Crippen LogP contribution in [-0.4, -0.2) is 16.1 Å². The average Bonchev–Trinajstić information content (AvgIpc) is 2.32. The monoisotopic (exact) mass is 251 g/mol. The van der Waals surface area contributed by atoms with E-state index in [1.165, 1.54) is 6.07 Å². The van der Waals surface area contributed by atoms with Crippen LogP contribution in [0.4, 0.5) is 8.78 Å². The van der Waals surface area contributed by atoms with E-state index in [4.69, 9.17) is 5.11 Å². The molecule has 3 nitrogen and oxygen atoms in total. The Morgan fingerprint density at radius 3 is 2.44 bits per heavy atom. The molecule has 0 saturated carbocycles. The maximum Gasteiger partial charge on any atom is 0.336 e. The van der Waals surface area contributed by atoms with E-state index >= 15 is 0 Å². The number of aromatic nitrogens is 1. The topological polar surface area (TPSA) is 50.2 Å². The maximum atomic E-state index is 13.6. The number of carboxylic acid groups (broad SMARTS) is 1. The van der Waals surface area contributed by atoms with Crippen LogP contribution in [0, 0.1) is 11.6 Å². The van der Waals surface area contributed by atoms with Gasteiger partial charge < -0.3 is 5.11 Å². The zero-order chi connectivity index (χ0) is 13.4. The Balaban J connectivity index is 2.94. The second-order valence-corrected chi connectivity index (χ2v) is 4.31. The second kappa shape index (κ2) is 4.33. The van der Waals surface area contributed by atoms with Gasteiger partial charge in [0, 0.05) is 5.69 Å². The van der Waals surface area contributed by atoms with Crippen LogP contribution >= 0.6 is 0 Å². The van der Waals surface area contributed by atoms with Gasteiger partial charge in [-0.05, 0) is 24.1 Å². The molecular weight excluding hydrogens is 240 g/mol. The first-order valence-electron chi connectivity index (χ1n) is 5.43. The number of carboxylic acids is 1. The van der Waals surface area contributed by atoms with Gasteiger partial charge in [-0.1, -0.05) is 13.8 Å². The number of fused-ring (bicyclic) bond motifs is 1. The first kappa shape index (κ1) is 12.4. The van der Waals surface area contributed by atoms with E-state index in [1.807, 2.05) is 0 Å². The summed E-state index contributed by atoms with van der Waals surface area (Å²) in [5.41, 5.74) is -0.0799. The van der Waals surface area contributed by atoms with Gasteiger partial charge in [0.25, 0.3) is 0 Å². The number of rotatable bonds is 2. The minimum Gasteiger partial charge on any atom is -0.478 e. The van der Waals surface area contributed by atoms with Gasteiger partial charge in [-0.2, -0.15) is 0 Å². The van der Waals surface area contributed by atoms with E-state index in [9.17, 15) is 13.6 Å². The van der Waals surface area contributed by atoms with Crippen LogP contribution in [0.5, 0.6) is 0 Å². The lowest BCUT2D eigenvalue weighted by molar-refractivity contribution is 0.0698. The van der Waals surface area contributed by atoms with Crippen molar-refractivity contribution in [1.29, 1.82) is 0 Å². The van der Waals surface area contributed by atoms with Crippen molar-refractivity contribution >= 4 is 16.9 Å². The number of benzene rings is 1. The van der Waals surface area contributed by atoms with Crippen molar-refractivity contribution in [3.63, 3.8) is 0 Å². The Kier molecular flexibility index (Phi) is 2.98. The van der Waals surface area contributed by atoms with Gasteiger partial charge >= 0.3 is 5.97 Å². The van der Waals surface area contributed by atoms with E-state index < -0.39 is 17.6 Å². The van der Waals surface area contributed by atoms with Crippen LogP contribution in [0.1, 0.15) is 35.8 Å². The molecule has 1 aromatic carbocycles. The second-order valence-electron chi connectivity index (χ2n) is 4.31. The number of halogens is 2. The highest BCUT2D eigenvalue weighted by atomic mass is 19.1. The fourth-order valence-corrected chi connectivity index (χ4v) is 1.75. The Bertz CT molecular complexity index is 638. The Hall–Kier alpha value is -2.04. The Labute approximate surface area is 102 Å². The van der Waals surface area contributed by atoms with Crippen molar-refractivity contribution in [2.45, 2.75) is 19.8 Å². The summed E-state index contributed by atoms with van der Waals surface area (Å²) in [5.74, 6) is -2.88. The molecule has 1 heterocycles. The number of pyridine rings is 1. The summed E-state index contributed by atoms with van der Waals surface area (Å²) in [7, 11) is 0. The average molecular weight is 251 g/mol. The summed E-state index contributed by atoms with van der Waals surface area (Å²) in [6.07, 6.45) is 0. The molecule has 0 unspecified atom stereocenters. The minimum absolute atomic E-state index is 0.0739. The van der Waals surface area contributed by atoms with Crippen LogP contribution in [-0.2, 0) is 0 Å². The van der Waals surface area contributed by atoms with Crippen LogP contribution in [0.15, 0.2) is 18.2 Å². The maximum absolute atomic E-state index is 13.6. The largest absolute Gasteiger partial charge is 0.478 e. The molecule has 18 heavy (non-hydrogen) atoms. The Morgan fingerprint density at radius 1 is 1.28 bits per heavy atom. The first-order chi connectivity index (χ1) is 8.41. The lowest BCUT2D eigenvalue weighted by Crippen LogP contribution is -2.05. The van der Waals surface area contributed by atoms with Crippen molar-refractivity contribution < 1.29 is 18.7 Å². The standard InChI is InChI=1S/C13H11F2NO2/c1-6(2)10-5-7(13(17)18)11-8(14)3-4-9(15)12(11)16-10/h3-6H,1-2H3,(H,17,18).